The molecule has 9 aromatic carbocycles. The fourth-order valence-corrected chi connectivity index (χ4v) is 11.6. The van der Waals surface area contributed by atoms with Gasteiger partial charge < -0.3 is 8.98 Å². The van der Waals surface area contributed by atoms with Gasteiger partial charge in [-0.25, -0.2) is 9.97 Å². The lowest BCUT2D eigenvalue weighted by Gasteiger charge is -2.42. The number of furan rings is 1. The van der Waals surface area contributed by atoms with Gasteiger partial charge in [0.25, 0.3) is 0 Å². The zero-order chi connectivity index (χ0) is 44.8. The monoisotopic (exact) mass is 862 g/mol. The maximum Gasteiger partial charge on any atom is 0.236 e. The van der Waals surface area contributed by atoms with Crippen LogP contribution in [-0.4, -0.2) is 19.1 Å². The fourth-order valence-electron chi connectivity index (χ4n) is 11.6. The molecule has 14 rings (SSSR count). The average molecular weight is 863 g/mol. The Morgan fingerprint density at radius 1 is 0.448 bits per heavy atom. The minimum absolute atomic E-state index is 0.0317. The molecule has 0 bridgehead atoms. The number of benzene rings is 9. The van der Waals surface area contributed by atoms with E-state index in [1.165, 1.54) is 59.9 Å². The third-order valence-electron chi connectivity index (χ3n) is 15.2. The van der Waals surface area contributed by atoms with E-state index in [-0.39, 0.29) is 10.8 Å². The Kier molecular flexibility index (Phi) is 7.86. The van der Waals surface area contributed by atoms with E-state index in [1.807, 2.05) is 12.1 Å². The van der Waals surface area contributed by atoms with E-state index in [0.29, 0.717) is 11.5 Å². The van der Waals surface area contributed by atoms with E-state index in [0.717, 1.165) is 73.8 Å². The van der Waals surface area contributed by atoms with Crippen molar-refractivity contribution in [2.75, 3.05) is 0 Å². The van der Waals surface area contributed by atoms with Gasteiger partial charge in [-0.15, -0.1) is 0 Å². The molecule has 0 atom stereocenters. The van der Waals surface area contributed by atoms with Crippen molar-refractivity contribution < 1.29 is 4.42 Å². The molecular formula is C62H46N4O. The predicted octanol–water partition coefficient (Wildman–Crippen LogP) is 16.6. The minimum atomic E-state index is 0.0317. The lowest BCUT2D eigenvalue weighted by Crippen LogP contribution is -2.33. The van der Waals surface area contributed by atoms with Crippen molar-refractivity contribution in [3.8, 4) is 34.0 Å². The zero-order valence-corrected chi connectivity index (χ0v) is 37.9. The number of fused-ring (bicyclic) bond motifs is 15. The van der Waals surface area contributed by atoms with Crippen molar-refractivity contribution in [3.05, 3.63) is 193 Å². The Hall–Kier alpha value is -8.02. The summed E-state index contributed by atoms with van der Waals surface area (Å²) in [7, 11) is 0. The predicted molar refractivity (Wildman–Crippen MR) is 279 cm³/mol. The van der Waals surface area contributed by atoms with E-state index >= 15 is 0 Å². The second kappa shape index (κ2) is 13.8. The molecule has 0 saturated heterocycles. The largest absolute Gasteiger partial charge is 0.452 e. The molecule has 0 radical (unpaired) electrons. The molecule has 0 aliphatic heterocycles. The Morgan fingerprint density at radius 2 is 1.03 bits per heavy atom. The molecule has 67 heavy (non-hydrogen) atoms. The minimum Gasteiger partial charge on any atom is -0.452 e. The second-order valence-corrected chi connectivity index (χ2v) is 20.0. The summed E-state index contributed by atoms with van der Waals surface area (Å²) in [6, 6.07) is 66.0. The van der Waals surface area contributed by atoms with Crippen LogP contribution in [0.5, 0.6) is 0 Å². The van der Waals surface area contributed by atoms with Gasteiger partial charge in [-0.05, 0) is 116 Å². The number of hydrogen-bond donors (Lipinski definition) is 0. The Labute approximate surface area is 387 Å². The van der Waals surface area contributed by atoms with E-state index in [2.05, 4.69) is 207 Å². The summed E-state index contributed by atoms with van der Waals surface area (Å²) in [5.74, 6) is 0.599. The van der Waals surface area contributed by atoms with E-state index in [4.69, 9.17) is 14.4 Å². The van der Waals surface area contributed by atoms with Gasteiger partial charge in [0.2, 0.25) is 5.95 Å². The quantitative estimate of drug-likeness (QED) is 0.177. The van der Waals surface area contributed by atoms with Crippen LogP contribution in [0, 0.1) is 0 Å². The first kappa shape index (κ1) is 38.3. The van der Waals surface area contributed by atoms with Gasteiger partial charge in [-0.2, -0.15) is 0 Å². The van der Waals surface area contributed by atoms with Crippen LogP contribution < -0.4 is 0 Å². The highest BCUT2D eigenvalue weighted by Crippen LogP contribution is 2.52. The smallest absolute Gasteiger partial charge is 0.236 e. The summed E-state index contributed by atoms with van der Waals surface area (Å²) < 4.78 is 11.6. The first-order chi connectivity index (χ1) is 32.7. The van der Waals surface area contributed by atoms with Crippen molar-refractivity contribution in [1.82, 2.24) is 19.1 Å². The first-order valence-corrected chi connectivity index (χ1v) is 23.5. The fraction of sp³-hybridized carbons (Fsp3) is 0.129. The molecule has 13 aromatic rings. The summed E-state index contributed by atoms with van der Waals surface area (Å²) in [5, 5.41) is 10.7. The maximum atomic E-state index is 6.74. The molecular weight excluding hydrogens is 817 g/mol. The number of rotatable bonds is 4. The third kappa shape index (κ3) is 5.49. The standard InChI is InChI=1S/C62H46N4O/c1-61(2)32-33-62(3,4)49-36-51-47(35-48(49)61)54-44-21-11-10-20-43(44)53-45-22-12-14-24-50(45)66(58(53)57(54)65(51)42-18-6-5-7-19-42)60-63-55(59-56(64-60)46-23-13-15-25-52(46)67-59)39-29-26-38(27-30-39)41-31-28-37-16-8-9-17-40(37)34-41/h5-31,34-36H,32-33H2,1-4H3. The summed E-state index contributed by atoms with van der Waals surface area (Å²) in [4.78, 5) is 11.2. The number of aromatic nitrogens is 4. The Balaban J connectivity index is 1.13. The van der Waals surface area contributed by atoms with E-state index in [9.17, 15) is 0 Å². The SMILES string of the molecule is CC1(C)CCC(C)(C)c2cc3c(cc21)c1c2ccccc2c2c4ccccc4n(-c4nc(-c5ccc(-c6ccc7ccccc7c6)cc5)c5oc6ccccc6c5n4)c2c1n3-c1ccccc1. The maximum absolute atomic E-state index is 6.74. The number of para-hydroxylation sites is 3. The Bertz CT molecular complexity index is 4200. The van der Waals surface area contributed by atoms with Gasteiger partial charge in [0.15, 0.2) is 5.58 Å². The van der Waals surface area contributed by atoms with E-state index in [1.54, 1.807) is 0 Å². The molecule has 0 spiro atoms. The van der Waals surface area contributed by atoms with Crippen LogP contribution in [0.25, 0.3) is 121 Å². The molecule has 5 heteroatoms. The highest BCUT2D eigenvalue weighted by atomic mass is 16.3. The van der Waals surface area contributed by atoms with Crippen molar-refractivity contribution in [1.29, 1.82) is 0 Å². The zero-order valence-electron chi connectivity index (χ0n) is 37.9. The normalized spacial score (nSPS) is 14.7. The molecule has 5 nitrogen and oxygen atoms in total. The number of hydrogen-bond acceptors (Lipinski definition) is 3. The summed E-state index contributed by atoms with van der Waals surface area (Å²) in [6.07, 6.45) is 2.29. The molecule has 0 unspecified atom stereocenters. The summed E-state index contributed by atoms with van der Waals surface area (Å²) in [5.41, 5.74) is 14.8. The van der Waals surface area contributed by atoms with Crippen molar-refractivity contribution in [2.24, 2.45) is 0 Å². The van der Waals surface area contributed by atoms with Crippen LogP contribution >= 0.6 is 0 Å². The van der Waals surface area contributed by atoms with Crippen molar-refractivity contribution >= 4 is 87.2 Å². The first-order valence-electron chi connectivity index (χ1n) is 23.5. The van der Waals surface area contributed by atoms with Crippen LogP contribution in [-0.2, 0) is 10.8 Å². The third-order valence-corrected chi connectivity index (χ3v) is 15.2. The lowest BCUT2D eigenvalue weighted by atomic mass is 9.63. The molecule has 0 saturated carbocycles. The molecule has 0 N–H and O–H groups in total. The topological polar surface area (TPSA) is 48.8 Å². The van der Waals surface area contributed by atoms with Crippen LogP contribution in [0.2, 0.25) is 0 Å². The molecule has 4 heterocycles. The van der Waals surface area contributed by atoms with Crippen LogP contribution in [0.4, 0.5) is 0 Å². The van der Waals surface area contributed by atoms with Gasteiger partial charge in [0.1, 0.15) is 16.8 Å². The summed E-state index contributed by atoms with van der Waals surface area (Å²) >= 11 is 0. The van der Waals surface area contributed by atoms with E-state index < -0.39 is 0 Å². The highest BCUT2D eigenvalue weighted by molar-refractivity contribution is 6.36. The molecule has 320 valence electrons. The summed E-state index contributed by atoms with van der Waals surface area (Å²) in [6.45, 7) is 9.71. The average Bonchev–Trinajstić information content (AvgIpc) is 4.03. The molecule has 0 amide bonds. The lowest BCUT2D eigenvalue weighted by molar-refractivity contribution is 0.332. The highest BCUT2D eigenvalue weighted by Gasteiger charge is 2.38. The Morgan fingerprint density at radius 3 is 1.79 bits per heavy atom. The van der Waals surface area contributed by atoms with Crippen molar-refractivity contribution in [3.63, 3.8) is 0 Å². The molecule has 4 aromatic heterocycles. The van der Waals surface area contributed by atoms with Gasteiger partial charge in [-0.3, -0.25) is 4.57 Å². The van der Waals surface area contributed by atoms with Crippen LogP contribution in [0.3, 0.4) is 0 Å². The van der Waals surface area contributed by atoms with Crippen LogP contribution in [0.15, 0.2) is 186 Å². The second-order valence-electron chi connectivity index (χ2n) is 20.0. The van der Waals surface area contributed by atoms with Crippen molar-refractivity contribution in [2.45, 2.75) is 51.4 Å². The molecule has 1 aliphatic carbocycles. The molecule has 0 fully saturated rings. The van der Waals surface area contributed by atoms with Gasteiger partial charge in [0, 0.05) is 38.2 Å². The van der Waals surface area contributed by atoms with Gasteiger partial charge in [-0.1, -0.05) is 161 Å². The molecule has 1 aliphatic rings. The van der Waals surface area contributed by atoms with Gasteiger partial charge >= 0.3 is 0 Å². The van der Waals surface area contributed by atoms with Gasteiger partial charge in [0.05, 0.1) is 22.1 Å². The number of nitrogens with zero attached hydrogens (tertiary/aromatic N) is 4. The van der Waals surface area contributed by atoms with Crippen LogP contribution in [0.1, 0.15) is 51.7 Å².